The zero-order valence-corrected chi connectivity index (χ0v) is 14.7. The van der Waals surface area contributed by atoms with Gasteiger partial charge in [-0.05, 0) is 37.8 Å². The third-order valence-electron chi connectivity index (χ3n) is 4.00. The minimum Gasteiger partial charge on any atom is -0.394 e. The van der Waals surface area contributed by atoms with Gasteiger partial charge in [0, 0.05) is 10.9 Å². The number of hydrogen-bond acceptors (Lipinski definition) is 4. The van der Waals surface area contributed by atoms with Crippen LogP contribution in [-0.4, -0.2) is 16.7 Å². The molecule has 120 valence electrons. The van der Waals surface area contributed by atoms with Crippen molar-refractivity contribution in [3.8, 4) is 0 Å². The summed E-state index contributed by atoms with van der Waals surface area (Å²) in [6, 6.07) is 8.62. The highest BCUT2D eigenvalue weighted by Crippen LogP contribution is 2.27. The third kappa shape index (κ3) is 3.94. The predicted molar refractivity (Wildman–Crippen MR) is 93.4 cm³/mol. The van der Waals surface area contributed by atoms with E-state index >= 15 is 0 Å². The summed E-state index contributed by atoms with van der Waals surface area (Å²) < 4.78 is 0. The van der Waals surface area contributed by atoms with E-state index < -0.39 is 0 Å². The van der Waals surface area contributed by atoms with E-state index in [2.05, 4.69) is 62.3 Å². The maximum atomic E-state index is 9.75. The van der Waals surface area contributed by atoms with Gasteiger partial charge in [-0.1, -0.05) is 38.1 Å². The molecule has 2 N–H and O–H groups in total. The van der Waals surface area contributed by atoms with Crippen molar-refractivity contribution in [2.24, 2.45) is 0 Å². The quantitative estimate of drug-likeness (QED) is 0.812. The lowest BCUT2D eigenvalue weighted by Crippen LogP contribution is -2.27. The molecule has 2 rings (SSSR count). The Bertz CT molecular complexity index is 592. The van der Waals surface area contributed by atoms with Gasteiger partial charge in [-0.3, -0.25) is 0 Å². The maximum absolute atomic E-state index is 9.75. The topological polar surface area (TPSA) is 45.1 Å². The molecule has 0 spiro atoms. The molecule has 0 radical (unpaired) electrons. The molecule has 4 heteroatoms. The number of hydrogen-bond donors (Lipinski definition) is 2. The van der Waals surface area contributed by atoms with E-state index in [1.54, 1.807) is 11.3 Å². The Kier molecular flexibility index (Phi) is 6.12. The van der Waals surface area contributed by atoms with E-state index in [1.165, 1.54) is 15.4 Å². The zero-order chi connectivity index (χ0) is 16.1. The third-order valence-corrected chi connectivity index (χ3v) is 5.48. The lowest BCUT2D eigenvalue weighted by Gasteiger charge is -2.22. The predicted octanol–water partition coefficient (Wildman–Crippen LogP) is 3.96. The van der Waals surface area contributed by atoms with E-state index in [4.69, 9.17) is 0 Å². The van der Waals surface area contributed by atoms with Gasteiger partial charge in [0.25, 0.3) is 0 Å². The van der Waals surface area contributed by atoms with Gasteiger partial charge in [0.2, 0.25) is 0 Å². The molecule has 1 aromatic heterocycles. The average molecular weight is 318 g/mol. The fourth-order valence-corrected chi connectivity index (χ4v) is 3.66. The van der Waals surface area contributed by atoms with Crippen LogP contribution in [-0.2, 0) is 12.8 Å². The molecule has 2 unspecified atom stereocenters. The first kappa shape index (κ1) is 17.1. The Morgan fingerprint density at radius 2 is 1.86 bits per heavy atom. The fourth-order valence-electron chi connectivity index (χ4n) is 2.64. The van der Waals surface area contributed by atoms with Gasteiger partial charge >= 0.3 is 0 Å². The van der Waals surface area contributed by atoms with E-state index in [0.717, 1.165) is 24.1 Å². The van der Waals surface area contributed by atoms with Crippen LogP contribution < -0.4 is 5.32 Å². The first-order valence-electron chi connectivity index (χ1n) is 8.00. The Morgan fingerprint density at radius 3 is 2.36 bits per heavy atom. The van der Waals surface area contributed by atoms with Crippen molar-refractivity contribution in [3.05, 3.63) is 51.0 Å². The monoisotopic (exact) mass is 318 g/mol. The van der Waals surface area contributed by atoms with Crippen molar-refractivity contribution in [3.63, 3.8) is 0 Å². The van der Waals surface area contributed by atoms with Gasteiger partial charge in [0.1, 0.15) is 0 Å². The Hall–Kier alpha value is -1.23. The number of thiazole rings is 1. The number of nitrogens with one attached hydrogen (secondary N) is 1. The number of aromatic nitrogens is 1. The summed E-state index contributed by atoms with van der Waals surface area (Å²) in [4.78, 5) is 5.86. The van der Waals surface area contributed by atoms with Gasteiger partial charge < -0.3 is 10.4 Å². The maximum Gasteiger partial charge on any atom is 0.0928 e. The van der Waals surface area contributed by atoms with Crippen molar-refractivity contribution < 1.29 is 5.11 Å². The molecule has 1 aromatic carbocycles. The van der Waals surface area contributed by atoms with Gasteiger partial charge in [-0.15, -0.1) is 11.3 Å². The first-order chi connectivity index (χ1) is 10.6. The molecule has 2 atom stereocenters. The number of benzene rings is 1. The summed E-state index contributed by atoms with van der Waals surface area (Å²) in [6.07, 6.45) is 2.01. The second-order valence-corrected chi connectivity index (χ2v) is 6.74. The summed E-state index contributed by atoms with van der Waals surface area (Å²) in [7, 11) is 0. The van der Waals surface area contributed by atoms with Crippen LogP contribution in [0.3, 0.4) is 0 Å². The van der Waals surface area contributed by atoms with Gasteiger partial charge in [0.15, 0.2) is 0 Å². The molecule has 0 aliphatic rings. The van der Waals surface area contributed by atoms with Crippen molar-refractivity contribution in [1.82, 2.24) is 10.3 Å². The molecule has 22 heavy (non-hydrogen) atoms. The normalized spacial score (nSPS) is 14.0. The van der Waals surface area contributed by atoms with Crippen LogP contribution in [0.4, 0.5) is 0 Å². The van der Waals surface area contributed by atoms with Crippen LogP contribution in [0.5, 0.6) is 0 Å². The Labute approximate surface area is 137 Å². The van der Waals surface area contributed by atoms with Gasteiger partial charge in [0.05, 0.1) is 23.4 Å². The SMILES string of the molecule is CCc1ccc(C(CO)NC(C)c2sc(CC)nc2C)cc1. The van der Waals surface area contributed by atoms with Crippen LogP contribution in [0.25, 0.3) is 0 Å². The van der Waals surface area contributed by atoms with E-state index in [1.807, 2.05) is 0 Å². The lowest BCUT2D eigenvalue weighted by molar-refractivity contribution is 0.236. The number of aliphatic hydroxyl groups is 1. The molecular formula is C18H26N2OS. The highest BCUT2D eigenvalue weighted by Gasteiger charge is 2.18. The van der Waals surface area contributed by atoms with Gasteiger partial charge in [-0.2, -0.15) is 0 Å². The molecule has 0 bridgehead atoms. The van der Waals surface area contributed by atoms with Crippen LogP contribution in [0.15, 0.2) is 24.3 Å². The number of aliphatic hydroxyl groups excluding tert-OH is 1. The number of aryl methyl sites for hydroxylation is 3. The molecule has 0 saturated carbocycles. The van der Waals surface area contributed by atoms with Crippen LogP contribution in [0.1, 0.15) is 59.6 Å². The van der Waals surface area contributed by atoms with Crippen molar-refractivity contribution in [2.75, 3.05) is 6.61 Å². The van der Waals surface area contributed by atoms with E-state index in [9.17, 15) is 5.11 Å². The highest BCUT2D eigenvalue weighted by atomic mass is 32.1. The Balaban J connectivity index is 2.12. The van der Waals surface area contributed by atoms with Crippen LogP contribution in [0, 0.1) is 6.92 Å². The summed E-state index contributed by atoms with van der Waals surface area (Å²) >= 11 is 1.77. The summed E-state index contributed by atoms with van der Waals surface area (Å²) in [5.74, 6) is 0. The van der Waals surface area contributed by atoms with Crippen LogP contribution >= 0.6 is 11.3 Å². The smallest absolute Gasteiger partial charge is 0.0928 e. The number of nitrogens with zero attached hydrogens (tertiary/aromatic N) is 1. The molecule has 3 nitrogen and oxygen atoms in total. The molecule has 1 heterocycles. The second kappa shape index (κ2) is 7.86. The number of rotatable bonds is 7. The molecule has 0 amide bonds. The summed E-state index contributed by atoms with van der Waals surface area (Å²) in [6.45, 7) is 8.58. The largest absolute Gasteiger partial charge is 0.394 e. The molecule has 0 fully saturated rings. The molecular weight excluding hydrogens is 292 g/mol. The zero-order valence-electron chi connectivity index (χ0n) is 13.9. The van der Waals surface area contributed by atoms with Crippen molar-refractivity contribution in [2.45, 2.75) is 52.6 Å². The lowest BCUT2D eigenvalue weighted by atomic mass is 10.0. The first-order valence-corrected chi connectivity index (χ1v) is 8.82. The van der Waals surface area contributed by atoms with Crippen LogP contribution in [0.2, 0.25) is 0 Å². The molecule has 0 aliphatic carbocycles. The average Bonchev–Trinajstić information content (AvgIpc) is 2.93. The minimum absolute atomic E-state index is 0.0486. The van der Waals surface area contributed by atoms with E-state index in [-0.39, 0.29) is 18.7 Å². The van der Waals surface area contributed by atoms with E-state index in [0.29, 0.717) is 0 Å². The van der Waals surface area contributed by atoms with Gasteiger partial charge in [-0.25, -0.2) is 4.98 Å². The minimum atomic E-state index is -0.0486. The van der Waals surface area contributed by atoms with Crippen molar-refractivity contribution >= 4 is 11.3 Å². The summed E-state index contributed by atoms with van der Waals surface area (Å²) in [5.41, 5.74) is 3.55. The molecule has 0 aliphatic heterocycles. The Morgan fingerprint density at radius 1 is 1.18 bits per heavy atom. The van der Waals surface area contributed by atoms with Crippen molar-refractivity contribution in [1.29, 1.82) is 0 Å². The standard InChI is InChI=1S/C18H26N2OS/c1-5-14-7-9-15(10-8-14)16(11-21)19-12(3)18-13(4)20-17(6-2)22-18/h7-10,12,16,19,21H,5-6,11H2,1-4H3. The summed E-state index contributed by atoms with van der Waals surface area (Å²) in [5, 5.41) is 14.5. The fraction of sp³-hybridized carbons (Fsp3) is 0.500. The second-order valence-electron chi connectivity index (χ2n) is 5.63. The molecule has 0 saturated heterocycles. The molecule has 2 aromatic rings. The highest BCUT2D eigenvalue weighted by molar-refractivity contribution is 7.11.